The first kappa shape index (κ1) is 10.7. The van der Waals surface area contributed by atoms with Gasteiger partial charge >= 0.3 is 0 Å². The second-order valence-electron chi connectivity index (χ2n) is 2.06. The largest absolute Gasteiger partial charge is 0.439 e. The summed E-state index contributed by atoms with van der Waals surface area (Å²) in [5, 5.41) is 0. The maximum absolute atomic E-state index is 10.7. The summed E-state index contributed by atoms with van der Waals surface area (Å²) in [4.78, 5) is 14.2. The summed E-state index contributed by atoms with van der Waals surface area (Å²) in [5.74, 6) is 0.268. The number of rotatable bonds is 0. The molecule has 0 aliphatic carbocycles. The number of hydrogen-bond donors (Lipinski definition) is 1. The number of aromatic nitrogens is 2. The van der Waals surface area contributed by atoms with Crippen LogP contribution in [0.15, 0.2) is 11.0 Å². The van der Waals surface area contributed by atoms with Gasteiger partial charge in [-0.05, 0) is 12.5 Å². The first-order chi connectivity index (χ1) is 4.61. The molecule has 0 saturated heterocycles. The molecule has 0 aromatic carbocycles. The molecule has 0 aliphatic rings. The van der Waals surface area contributed by atoms with Crippen molar-refractivity contribution in [3.05, 3.63) is 29.3 Å². The van der Waals surface area contributed by atoms with Crippen LogP contribution in [0.5, 0.6) is 0 Å². The molecule has 0 aliphatic heterocycles. The van der Waals surface area contributed by atoms with Gasteiger partial charge in [0, 0.05) is 32.7 Å². The summed E-state index contributed by atoms with van der Waals surface area (Å²) in [7, 11) is 3.41. The Hall–Kier alpha value is -0.346. The number of anilines is 1. The van der Waals surface area contributed by atoms with Gasteiger partial charge < -0.3 is 15.1 Å². The molecule has 0 unspecified atom stereocenters. The monoisotopic (exact) mass is 227 g/mol. The van der Waals surface area contributed by atoms with Crippen molar-refractivity contribution in [2.24, 2.45) is 0 Å². The van der Waals surface area contributed by atoms with Gasteiger partial charge in [0.2, 0.25) is 5.69 Å². The van der Waals surface area contributed by atoms with Gasteiger partial charge in [0.15, 0.2) is 0 Å². The smallest absolute Gasteiger partial charge is 0.236 e. The molecular weight excluding hydrogens is 219 g/mol. The van der Waals surface area contributed by atoms with Crippen molar-refractivity contribution in [2.45, 2.75) is 6.92 Å². The SMILES string of the molecule is [CH2-]n1cc(C)c(N)nc1=O.[Y]. The average Bonchev–Trinajstić information content (AvgIpc) is 1.84. The van der Waals surface area contributed by atoms with Gasteiger partial charge in [0.25, 0.3) is 0 Å². The summed E-state index contributed by atoms with van der Waals surface area (Å²) in [5.41, 5.74) is 5.67. The fraction of sp³-hybridized carbons (Fsp3) is 0.167. The Morgan fingerprint density at radius 2 is 2.27 bits per heavy atom. The van der Waals surface area contributed by atoms with Crippen LogP contribution in [0.2, 0.25) is 0 Å². The molecule has 1 aromatic heterocycles. The zero-order valence-electron chi connectivity index (χ0n) is 6.24. The van der Waals surface area contributed by atoms with Gasteiger partial charge in [-0.1, -0.05) is 6.20 Å². The quantitative estimate of drug-likeness (QED) is 0.623. The number of hydrogen-bond acceptors (Lipinski definition) is 3. The van der Waals surface area contributed by atoms with E-state index in [1.54, 1.807) is 13.1 Å². The minimum absolute atomic E-state index is 0. The van der Waals surface area contributed by atoms with E-state index in [2.05, 4.69) is 12.0 Å². The molecule has 11 heavy (non-hydrogen) atoms. The molecule has 1 aromatic rings. The Kier molecular flexibility index (Phi) is 3.76. The van der Waals surface area contributed by atoms with Crippen molar-refractivity contribution >= 4 is 5.82 Å². The van der Waals surface area contributed by atoms with Crippen LogP contribution in [0.25, 0.3) is 0 Å². The van der Waals surface area contributed by atoms with Crippen LogP contribution in [-0.4, -0.2) is 9.55 Å². The third-order valence-corrected chi connectivity index (χ3v) is 1.22. The zero-order chi connectivity index (χ0) is 7.72. The molecule has 0 spiro atoms. The van der Waals surface area contributed by atoms with Crippen LogP contribution in [0.4, 0.5) is 5.82 Å². The molecule has 0 bridgehead atoms. The van der Waals surface area contributed by atoms with Gasteiger partial charge in [-0.3, -0.25) is 0 Å². The Morgan fingerprint density at radius 1 is 1.73 bits per heavy atom. The molecule has 1 radical (unpaired) electrons. The van der Waals surface area contributed by atoms with Crippen molar-refractivity contribution in [3.8, 4) is 0 Å². The van der Waals surface area contributed by atoms with E-state index in [1.807, 2.05) is 0 Å². The van der Waals surface area contributed by atoms with Crippen molar-refractivity contribution < 1.29 is 32.7 Å². The second kappa shape index (κ2) is 3.88. The van der Waals surface area contributed by atoms with Gasteiger partial charge in [-0.15, -0.1) is 7.05 Å². The van der Waals surface area contributed by atoms with Crippen LogP contribution >= 0.6 is 0 Å². The molecule has 1 heterocycles. The van der Waals surface area contributed by atoms with E-state index >= 15 is 0 Å². The van der Waals surface area contributed by atoms with Gasteiger partial charge in [0.1, 0.15) is 5.82 Å². The summed E-state index contributed by atoms with van der Waals surface area (Å²) in [6, 6.07) is 0. The Bertz CT molecular complexity index is 307. The number of aryl methyl sites for hydroxylation is 1. The molecule has 57 valence electrons. The van der Waals surface area contributed by atoms with Crippen LogP contribution in [-0.2, 0) is 32.7 Å². The predicted octanol–water partition coefficient (Wildman–Crippen LogP) is -0.229. The standard InChI is InChI=1S/C6H8N3O.Y/c1-4-3-9(2)6(10)8-5(4)7;/h3H,2H2,1H3,(H2,7,8,10);/q-1;. The Labute approximate surface area is 89.7 Å². The van der Waals surface area contributed by atoms with Crippen molar-refractivity contribution in [2.75, 3.05) is 5.73 Å². The fourth-order valence-electron chi connectivity index (χ4n) is 0.611. The van der Waals surface area contributed by atoms with E-state index in [4.69, 9.17) is 5.73 Å². The van der Waals surface area contributed by atoms with Crippen molar-refractivity contribution in [3.63, 3.8) is 0 Å². The second-order valence-corrected chi connectivity index (χ2v) is 2.06. The molecule has 0 fully saturated rings. The molecule has 0 saturated carbocycles. The van der Waals surface area contributed by atoms with E-state index in [0.29, 0.717) is 0 Å². The third kappa shape index (κ3) is 2.31. The maximum atomic E-state index is 10.7. The number of nitrogens with two attached hydrogens (primary N) is 1. The average molecular weight is 227 g/mol. The molecule has 2 N–H and O–H groups in total. The first-order valence-corrected chi connectivity index (χ1v) is 2.78. The Balaban J connectivity index is 0.000001000. The summed E-state index contributed by atoms with van der Waals surface area (Å²) >= 11 is 0. The van der Waals surface area contributed by atoms with Crippen molar-refractivity contribution in [1.82, 2.24) is 9.55 Å². The zero-order valence-corrected chi connectivity index (χ0v) is 9.08. The minimum atomic E-state index is -0.428. The predicted molar refractivity (Wildman–Crippen MR) is 38.4 cm³/mol. The molecular formula is C6H8N3OY-. The third-order valence-electron chi connectivity index (χ3n) is 1.22. The molecule has 1 rings (SSSR count). The first-order valence-electron chi connectivity index (χ1n) is 2.78. The van der Waals surface area contributed by atoms with Crippen LogP contribution in [0.3, 0.4) is 0 Å². The van der Waals surface area contributed by atoms with Crippen molar-refractivity contribution in [1.29, 1.82) is 0 Å². The van der Waals surface area contributed by atoms with Crippen LogP contribution < -0.4 is 11.4 Å². The maximum Gasteiger partial charge on any atom is 0.236 e. The van der Waals surface area contributed by atoms with E-state index in [-0.39, 0.29) is 38.5 Å². The Morgan fingerprint density at radius 3 is 2.73 bits per heavy atom. The van der Waals surface area contributed by atoms with E-state index in [0.717, 1.165) is 10.1 Å². The fourth-order valence-corrected chi connectivity index (χ4v) is 0.611. The number of nitrogens with zero attached hydrogens (tertiary/aromatic N) is 2. The van der Waals surface area contributed by atoms with Gasteiger partial charge in [-0.2, -0.15) is 0 Å². The van der Waals surface area contributed by atoms with Gasteiger partial charge in [-0.25, -0.2) is 4.98 Å². The van der Waals surface area contributed by atoms with Crippen LogP contribution in [0.1, 0.15) is 5.56 Å². The summed E-state index contributed by atoms with van der Waals surface area (Å²) in [6.07, 6.45) is 1.55. The molecule has 0 amide bonds. The van der Waals surface area contributed by atoms with E-state index < -0.39 is 5.69 Å². The van der Waals surface area contributed by atoms with E-state index in [9.17, 15) is 4.79 Å². The number of nitrogen functional groups attached to an aromatic ring is 1. The van der Waals surface area contributed by atoms with Gasteiger partial charge in [0.05, 0.1) is 0 Å². The molecule has 4 nitrogen and oxygen atoms in total. The van der Waals surface area contributed by atoms with E-state index in [1.165, 1.54) is 0 Å². The van der Waals surface area contributed by atoms with Crippen LogP contribution in [0, 0.1) is 14.0 Å². The summed E-state index contributed by atoms with van der Waals surface area (Å²) in [6.45, 7) is 1.77. The molecule has 5 heteroatoms. The topological polar surface area (TPSA) is 60.9 Å². The minimum Gasteiger partial charge on any atom is -0.439 e. The summed E-state index contributed by atoms with van der Waals surface area (Å²) < 4.78 is 1.14. The molecule has 0 atom stereocenters. The normalized spacial score (nSPS) is 8.82.